The summed E-state index contributed by atoms with van der Waals surface area (Å²) in [7, 11) is 0. The van der Waals surface area contributed by atoms with Crippen LogP contribution < -0.4 is 5.56 Å². The molecular weight excluding hydrogens is 422 g/mol. The Kier molecular flexibility index (Phi) is 5.67. The molecule has 2 heterocycles. The number of aryl methyl sites for hydroxylation is 1. The van der Waals surface area contributed by atoms with E-state index in [1.807, 2.05) is 35.2 Å². The van der Waals surface area contributed by atoms with Crippen LogP contribution in [0.1, 0.15) is 73.8 Å². The van der Waals surface area contributed by atoms with E-state index in [1.54, 1.807) is 0 Å². The van der Waals surface area contributed by atoms with Gasteiger partial charge in [0.05, 0.1) is 29.6 Å². The van der Waals surface area contributed by atoms with Crippen molar-refractivity contribution in [2.75, 3.05) is 6.54 Å². The summed E-state index contributed by atoms with van der Waals surface area (Å²) in [4.78, 5) is 36.3. The molecule has 0 radical (unpaired) electrons. The van der Waals surface area contributed by atoms with Crippen molar-refractivity contribution in [2.45, 2.75) is 70.3 Å². The maximum atomic E-state index is 13.2. The summed E-state index contributed by atoms with van der Waals surface area (Å²) < 4.78 is 0. The van der Waals surface area contributed by atoms with Gasteiger partial charge < -0.3 is 9.88 Å². The lowest BCUT2D eigenvalue weighted by Gasteiger charge is -2.22. The first-order valence-electron chi connectivity index (χ1n) is 12.3. The van der Waals surface area contributed by atoms with Crippen LogP contribution in [0.5, 0.6) is 0 Å². The molecule has 1 N–H and O–H groups in total. The molecule has 0 saturated heterocycles. The van der Waals surface area contributed by atoms with Crippen LogP contribution in [0, 0.1) is 0 Å². The number of rotatable bonds is 4. The van der Waals surface area contributed by atoms with Gasteiger partial charge in [-0.3, -0.25) is 9.59 Å². The lowest BCUT2D eigenvalue weighted by atomic mass is 9.86. The third-order valence-electron chi connectivity index (χ3n) is 7.32. The van der Waals surface area contributed by atoms with Crippen LogP contribution in [0.2, 0.25) is 0 Å². The predicted molar refractivity (Wildman–Crippen MR) is 134 cm³/mol. The second-order valence-corrected chi connectivity index (χ2v) is 10.8. The second-order valence-electron chi connectivity index (χ2n) is 10.8. The maximum Gasteiger partial charge on any atom is 0.256 e. The number of amides is 1. The van der Waals surface area contributed by atoms with E-state index in [9.17, 15) is 9.59 Å². The molecule has 176 valence electrons. The Morgan fingerprint density at radius 2 is 1.85 bits per heavy atom. The summed E-state index contributed by atoms with van der Waals surface area (Å²) in [5.74, 6) is 0.839. The molecule has 0 unspecified atom stereocenters. The molecule has 1 fully saturated rings. The van der Waals surface area contributed by atoms with Gasteiger partial charge in [0.1, 0.15) is 5.82 Å². The number of benzene rings is 2. The van der Waals surface area contributed by atoms with E-state index in [2.05, 4.69) is 50.0 Å². The number of H-pyrrole nitrogens is 1. The predicted octanol–water partition coefficient (Wildman–Crippen LogP) is 4.66. The third kappa shape index (κ3) is 4.31. The van der Waals surface area contributed by atoms with Crippen molar-refractivity contribution in [2.24, 2.45) is 0 Å². The Balaban J connectivity index is 1.38. The molecule has 2 aromatic carbocycles. The minimum absolute atomic E-state index is 0.0376. The summed E-state index contributed by atoms with van der Waals surface area (Å²) in [5.41, 5.74) is 4.71. The Hall–Kier alpha value is -3.21. The number of carbonyl (C=O) groups excluding carboxylic acids is 1. The molecule has 0 bridgehead atoms. The minimum atomic E-state index is -0.171. The van der Waals surface area contributed by atoms with Gasteiger partial charge >= 0.3 is 0 Å². The van der Waals surface area contributed by atoms with E-state index in [0.29, 0.717) is 25.1 Å². The van der Waals surface area contributed by atoms with Crippen molar-refractivity contribution in [1.82, 2.24) is 14.9 Å². The van der Waals surface area contributed by atoms with E-state index in [1.165, 1.54) is 11.1 Å². The second kappa shape index (κ2) is 8.53. The van der Waals surface area contributed by atoms with Gasteiger partial charge in [-0.1, -0.05) is 75.4 Å². The van der Waals surface area contributed by atoms with Crippen LogP contribution >= 0.6 is 0 Å². The number of hydrogen-bond donors (Lipinski definition) is 1. The topological polar surface area (TPSA) is 66.1 Å². The fraction of sp³-hybridized carbons (Fsp3) is 0.414. The first kappa shape index (κ1) is 22.6. The molecule has 5 rings (SSSR count). The van der Waals surface area contributed by atoms with Crippen molar-refractivity contribution in [3.8, 4) is 0 Å². The summed E-state index contributed by atoms with van der Waals surface area (Å²) >= 11 is 0. The highest BCUT2D eigenvalue weighted by Crippen LogP contribution is 2.51. The maximum absolute atomic E-state index is 13.2. The largest absolute Gasteiger partial charge is 0.338 e. The number of carbonyl (C=O) groups is 1. The zero-order valence-electron chi connectivity index (χ0n) is 20.4. The monoisotopic (exact) mass is 455 g/mol. The molecule has 0 spiro atoms. The number of nitrogens with one attached hydrogen (secondary N) is 1. The van der Waals surface area contributed by atoms with Gasteiger partial charge in [0.15, 0.2) is 0 Å². The average molecular weight is 456 g/mol. The highest BCUT2D eigenvalue weighted by Gasteiger charge is 2.48. The Morgan fingerprint density at radius 1 is 1.09 bits per heavy atom. The normalized spacial score (nSPS) is 17.1. The van der Waals surface area contributed by atoms with Crippen molar-refractivity contribution in [3.05, 3.63) is 98.7 Å². The smallest absolute Gasteiger partial charge is 0.256 e. The molecule has 1 amide bonds. The molecule has 1 aliphatic carbocycles. The average Bonchev–Trinajstić information content (AvgIpc) is 3.64. The van der Waals surface area contributed by atoms with Crippen molar-refractivity contribution in [1.29, 1.82) is 0 Å². The molecule has 2 aliphatic rings. The number of aromatic nitrogens is 2. The minimum Gasteiger partial charge on any atom is -0.338 e. The van der Waals surface area contributed by atoms with Crippen LogP contribution in [0.3, 0.4) is 0 Å². The summed E-state index contributed by atoms with van der Waals surface area (Å²) in [5, 5.41) is 0. The zero-order chi connectivity index (χ0) is 23.9. The SMILES string of the molecule is CC(C)(C)c1cccc(CC(=O)N2CCCc3nc(C4(c5ccccc5)CC4)[nH]c(=O)c3C2)c1. The highest BCUT2D eigenvalue weighted by atomic mass is 16.2. The van der Waals surface area contributed by atoms with Gasteiger partial charge in [0.25, 0.3) is 5.56 Å². The molecule has 1 aliphatic heterocycles. The fourth-order valence-electron chi connectivity index (χ4n) is 5.04. The number of fused-ring (bicyclic) bond motifs is 1. The zero-order valence-corrected chi connectivity index (χ0v) is 20.4. The molecule has 3 aromatic rings. The molecule has 5 nitrogen and oxygen atoms in total. The first-order valence-corrected chi connectivity index (χ1v) is 12.3. The van der Waals surface area contributed by atoms with E-state index < -0.39 is 0 Å². The lowest BCUT2D eigenvalue weighted by molar-refractivity contribution is -0.131. The quantitative estimate of drug-likeness (QED) is 0.622. The molecule has 34 heavy (non-hydrogen) atoms. The van der Waals surface area contributed by atoms with Crippen molar-refractivity contribution >= 4 is 5.91 Å². The van der Waals surface area contributed by atoms with Gasteiger partial charge in [-0.15, -0.1) is 0 Å². The standard InChI is InChI=1S/C29H33N3O2/c1-28(2,3)22-12-7-9-20(17-22)18-25(33)32-16-8-13-24-23(19-32)26(34)31-27(30-24)29(14-15-29)21-10-5-4-6-11-21/h4-7,9-12,17H,8,13-16,18-19H2,1-3H3,(H,30,31,34). The van der Waals surface area contributed by atoms with E-state index in [-0.39, 0.29) is 22.3 Å². The van der Waals surface area contributed by atoms with Crippen molar-refractivity contribution < 1.29 is 4.79 Å². The Bertz CT molecular complexity index is 1270. The van der Waals surface area contributed by atoms with Crippen LogP contribution in [-0.4, -0.2) is 27.3 Å². The van der Waals surface area contributed by atoms with Gasteiger partial charge in [-0.25, -0.2) is 4.98 Å². The number of aromatic amines is 1. The fourth-order valence-corrected chi connectivity index (χ4v) is 5.04. The Morgan fingerprint density at radius 3 is 2.56 bits per heavy atom. The molecule has 1 saturated carbocycles. The molecule has 0 atom stereocenters. The molecular formula is C29H33N3O2. The summed E-state index contributed by atoms with van der Waals surface area (Å²) in [6.07, 6.45) is 3.88. The van der Waals surface area contributed by atoms with Crippen molar-refractivity contribution in [3.63, 3.8) is 0 Å². The molecule has 5 heteroatoms. The van der Waals surface area contributed by atoms with Gasteiger partial charge in [-0.05, 0) is 47.8 Å². The van der Waals surface area contributed by atoms with Gasteiger partial charge in [-0.2, -0.15) is 0 Å². The van der Waals surface area contributed by atoms with Crippen LogP contribution in [-0.2, 0) is 35.0 Å². The van der Waals surface area contributed by atoms with Crippen LogP contribution in [0.25, 0.3) is 0 Å². The summed E-state index contributed by atoms with van der Waals surface area (Å²) in [6.45, 7) is 7.51. The Labute approximate surface area is 201 Å². The van der Waals surface area contributed by atoms with E-state index >= 15 is 0 Å². The van der Waals surface area contributed by atoms with Gasteiger partial charge in [0, 0.05) is 6.54 Å². The van der Waals surface area contributed by atoms with E-state index in [4.69, 9.17) is 4.98 Å². The van der Waals surface area contributed by atoms with E-state index in [0.717, 1.165) is 42.8 Å². The van der Waals surface area contributed by atoms with Crippen LogP contribution in [0.4, 0.5) is 0 Å². The molecule has 1 aromatic heterocycles. The third-order valence-corrected chi connectivity index (χ3v) is 7.32. The highest BCUT2D eigenvalue weighted by molar-refractivity contribution is 5.79. The number of hydrogen-bond acceptors (Lipinski definition) is 3. The number of nitrogens with zero attached hydrogens (tertiary/aromatic N) is 2. The van der Waals surface area contributed by atoms with Crippen LogP contribution in [0.15, 0.2) is 59.4 Å². The summed E-state index contributed by atoms with van der Waals surface area (Å²) in [6, 6.07) is 18.6. The lowest BCUT2D eigenvalue weighted by Crippen LogP contribution is -2.34. The first-order chi connectivity index (χ1) is 16.3. The van der Waals surface area contributed by atoms with Gasteiger partial charge in [0.2, 0.25) is 5.91 Å².